The van der Waals surface area contributed by atoms with Gasteiger partial charge >= 0.3 is 0 Å². The maximum Gasteiger partial charge on any atom is 0.276 e. The van der Waals surface area contributed by atoms with E-state index in [1.807, 2.05) is 36.9 Å². The van der Waals surface area contributed by atoms with Gasteiger partial charge in [0.25, 0.3) is 5.91 Å². The Morgan fingerprint density at radius 1 is 1.13 bits per heavy atom. The van der Waals surface area contributed by atoms with Gasteiger partial charge < -0.3 is 14.2 Å². The van der Waals surface area contributed by atoms with Crippen LogP contribution < -0.4 is 4.90 Å². The molecule has 0 bridgehead atoms. The van der Waals surface area contributed by atoms with Crippen LogP contribution in [-0.4, -0.2) is 42.0 Å². The normalized spacial score (nSPS) is 15.8. The van der Waals surface area contributed by atoms with Crippen molar-refractivity contribution in [3.63, 3.8) is 0 Å². The number of para-hydroxylation sites is 1. The topological polar surface area (TPSA) is 49.6 Å². The van der Waals surface area contributed by atoms with Crippen LogP contribution in [0.15, 0.2) is 41.1 Å². The average molecular weight is 313 g/mol. The van der Waals surface area contributed by atoms with Gasteiger partial charge in [0.05, 0.1) is 0 Å². The summed E-state index contributed by atoms with van der Waals surface area (Å²) < 4.78 is 5.39. The molecule has 0 N–H and O–H groups in total. The molecule has 0 unspecified atom stereocenters. The Bertz CT molecular complexity index is 651. The fourth-order valence-electron chi connectivity index (χ4n) is 2.99. The van der Waals surface area contributed by atoms with Gasteiger partial charge in [-0.2, -0.15) is 0 Å². The zero-order valence-electron chi connectivity index (χ0n) is 13.7. The lowest BCUT2D eigenvalue weighted by Crippen LogP contribution is -2.35. The van der Waals surface area contributed by atoms with Gasteiger partial charge in [-0.1, -0.05) is 32.0 Å². The highest BCUT2D eigenvalue weighted by atomic mass is 16.3. The molecule has 2 aromatic rings. The highest BCUT2D eigenvalue weighted by Gasteiger charge is 2.26. The van der Waals surface area contributed by atoms with E-state index in [0.29, 0.717) is 18.0 Å². The third-order valence-electron chi connectivity index (χ3n) is 4.23. The molecule has 1 fully saturated rings. The quantitative estimate of drug-likeness (QED) is 0.873. The maximum atomic E-state index is 12.8. The molecule has 1 aliphatic rings. The fraction of sp³-hybridized carbons (Fsp3) is 0.444. The molecule has 122 valence electrons. The number of anilines is 1. The largest absolute Gasteiger partial charge is 0.447 e. The Hall–Kier alpha value is -2.30. The van der Waals surface area contributed by atoms with Crippen molar-refractivity contribution in [3.8, 4) is 0 Å². The number of amides is 1. The second kappa shape index (κ2) is 6.86. The number of hydrogen-bond donors (Lipinski definition) is 0. The number of oxazole rings is 1. The SMILES string of the molecule is CC(C)c1ocnc1C(=O)N1CCCN(c2ccccc2)CC1. The molecule has 3 rings (SSSR count). The van der Waals surface area contributed by atoms with E-state index in [2.05, 4.69) is 22.0 Å². The smallest absolute Gasteiger partial charge is 0.276 e. The molecule has 5 heteroatoms. The predicted molar refractivity (Wildman–Crippen MR) is 89.8 cm³/mol. The number of hydrogen-bond acceptors (Lipinski definition) is 4. The lowest BCUT2D eigenvalue weighted by atomic mass is 10.1. The Labute approximate surface area is 136 Å². The first kappa shape index (κ1) is 15.6. The number of benzene rings is 1. The molecular weight excluding hydrogens is 290 g/mol. The highest BCUT2D eigenvalue weighted by Crippen LogP contribution is 2.21. The summed E-state index contributed by atoms with van der Waals surface area (Å²) in [5.41, 5.74) is 1.68. The van der Waals surface area contributed by atoms with Crippen molar-refractivity contribution < 1.29 is 9.21 Å². The summed E-state index contributed by atoms with van der Waals surface area (Å²) in [7, 11) is 0. The van der Waals surface area contributed by atoms with Gasteiger partial charge in [0.1, 0.15) is 5.76 Å². The number of carbonyl (C=O) groups excluding carboxylic acids is 1. The molecule has 23 heavy (non-hydrogen) atoms. The highest BCUT2D eigenvalue weighted by molar-refractivity contribution is 5.93. The summed E-state index contributed by atoms with van der Waals surface area (Å²) >= 11 is 0. The second-order valence-electron chi connectivity index (χ2n) is 6.19. The van der Waals surface area contributed by atoms with Crippen LogP contribution in [0.5, 0.6) is 0 Å². The van der Waals surface area contributed by atoms with Crippen molar-refractivity contribution in [2.45, 2.75) is 26.2 Å². The first-order chi connectivity index (χ1) is 11.2. The lowest BCUT2D eigenvalue weighted by Gasteiger charge is -2.23. The molecule has 5 nitrogen and oxygen atoms in total. The lowest BCUT2D eigenvalue weighted by molar-refractivity contribution is 0.0759. The molecule has 0 saturated carbocycles. The Morgan fingerprint density at radius 3 is 2.65 bits per heavy atom. The summed E-state index contributed by atoms with van der Waals surface area (Å²) in [6, 6.07) is 10.4. The molecule has 1 amide bonds. The number of aromatic nitrogens is 1. The third-order valence-corrected chi connectivity index (χ3v) is 4.23. The minimum Gasteiger partial charge on any atom is -0.447 e. The maximum absolute atomic E-state index is 12.8. The predicted octanol–water partition coefficient (Wildman–Crippen LogP) is 3.15. The van der Waals surface area contributed by atoms with Crippen LogP contribution in [0, 0.1) is 0 Å². The Kier molecular flexibility index (Phi) is 4.65. The molecule has 0 aliphatic carbocycles. The standard InChI is InChI=1S/C18H23N3O2/c1-14(2)17-16(19-13-23-17)18(22)21-10-6-9-20(11-12-21)15-7-4-3-5-8-15/h3-5,7-8,13-14H,6,9-12H2,1-2H3. The van der Waals surface area contributed by atoms with Crippen molar-refractivity contribution in [2.75, 3.05) is 31.1 Å². The minimum absolute atomic E-state index is 0.0163. The van der Waals surface area contributed by atoms with Crippen LogP contribution in [0.25, 0.3) is 0 Å². The van der Waals surface area contributed by atoms with E-state index in [1.54, 1.807) is 0 Å². The zero-order chi connectivity index (χ0) is 16.2. The van der Waals surface area contributed by atoms with Crippen LogP contribution in [-0.2, 0) is 0 Å². The molecule has 1 saturated heterocycles. The number of rotatable bonds is 3. The van der Waals surface area contributed by atoms with E-state index in [4.69, 9.17) is 4.42 Å². The first-order valence-corrected chi connectivity index (χ1v) is 8.19. The number of carbonyl (C=O) groups is 1. The van der Waals surface area contributed by atoms with Crippen molar-refractivity contribution in [2.24, 2.45) is 0 Å². The molecule has 1 aromatic carbocycles. The summed E-state index contributed by atoms with van der Waals surface area (Å²) in [5, 5.41) is 0. The monoisotopic (exact) mass is 313 g/mol. The van der Waals surface area contributed by atoms with Gasteiger partial charge in [-0.3, -0.25) is 4.79 Å². The average Bonchev–Trinajstić information content (AvgIpc) is 2.93. The molecule has 0 spiro atoms. The van der Waals surface area contributed by atoms with Crippen molar-refractivity contribution in [1.29, 1.82) is 0 Å². The molecule has 2 heterocycles. The summed E-state index contributed by atoms with van der Waals surface area (Å²) in [6.07, 6.45) is 2.33. The van der Waals surface area contributed by atoms with E-state index < -0.39 is 0 Å². The minimum atomic E-state index is -0.0163. The van der Waals surface area contributed by atoms with Crippen molar-refractivity contribution in [1.82, 2.24) is 9.88 Å². The third kappa shape index (κ3) is 3.38. The van der Waals surface area contributed by atoms with Gasteiger partial charge in [-0.15, -0.1) is 0 Å². The molecule has 1 aromatic heterocycles. The fourth-order valence-corrected chi connectivity index (χ4v) is 2.99. The number of nitrogens with zero attached hydrogens (tertiary/aromatic N) is 3. The Morgan fingerprint density at radius 2 is 1.91 bits per heavy atom. The van der Waals surface area contributed by atoms with E-state index >= 15 is 0 Å². The van der Waals surface area contributed by atoms with E-state index in [1.165, 1.54) is 12.1 Å². The first-order valence-electron chi connectivity index (χ1n) is 8.19. The van der Waals surface area contributed by atoms with E-state index in [0.717, 1.165) is 26.1 Å². The van der Waals surface area contributed by atoms with Crippen LogP contribution in [0.2, 0.25) is 0 Å². The summed E-state index contributed by atoms with van der Waals surface area (Å²) in [6.45, 7) is 7.28. The summed E-state index contributed by atoms with van der Waals surface area (Å²) in [5.74, 6) is 0.820. The molecule has 0 radical (unpaired) electrons. The van der Waals surface area contributed by atoms with Crippen LogP contribution in [0.3, 0.4) is 0 Å². The van der Waals surface area contributed by atoms with Gasteiger partial charge in [0, 0.05) is 37.8 Å². The van der Waals surface area contributed by atoms with E-state index in [-0.39, 0.29) is 11.8 Å². The molecule has 1 aliphatic heterocycles. The molecular formula is C18H23N3O2. The van der Waals surface area contributed by atoms with Gasteiger partial charge in [-0.05, 0) is 18.6 Å². The van der Waals surface area contributed by atoms with E-state index in [9.17, 15) is 4.79 Å². The second-order valence-corrected chi connectivity index (χ2v) is 6.19. The zero-order valence-corrected chi connectivity index (χ0v) is 13.7. The van der Waals surface area contributed by atoms with Crippen LogP contribution in [0.4, 0.5) is 5.69 Å². The van der Waals surface area contributed by atoms with Crippen LogP contribution in [0.1, 0.15) is 42.4 Å². The van der Waals surface area contributed by atoms with Gasteiger partial charge in [0.2, 0.25) is 0 Å². The summed E-state index contributed by atoms with van der Waals surface area (Å²) in [4.78, 5) is 21.1. The van der Waals surface area contributed by atoms with Gasteiger partial charge in [0.15, 0.2) is 12.1 Å². The van der Waals surface area contributed by atoms with Crippen LogP contribution >= 0.6 is 0 Å². The molecule has 0 atom stereocenters. The Balaban J connectivity index is 1.70. The van der Waals surface area contributed by atoms with Crippen molar-refractivity contribution in [3.05, 3.63) is 48.2 Å². The van der Waals surface area contributed by atoms with Crippen molar-refractivity contribution >= 4 is 11.6 Å². The van der Waals surface area contributed by atoms with Gasteiger partial charge in [-0.25, -0.2) is 4.98 Å².